The van der Waals surface area contributed by atoms with Crippen molar-refractivity contribution < 1.29 is 18.3 Å². The summed E-state index contributed by atoms with van der Waals surface area (Å²) < 4.78 is 37.6. The minimum absolute atomic E-state index is 0.0215. The van der Waals surface area contributed by atoms with Crippen molar-refractivity contribution in [1.82, 2.24) is 4.98 Å². The number of aliphatic hydroxyl groups excluding tert-OH is 1. The molecule has 1 heterocycles. The Morgan fingerprint density at radius 1 is 1.16 bits per heavy atom. The average molecular weight is 273 g/mol. The molecule has 0 spiro atoms. The van der Waals surface area contributed by atoms with Gasteiger partial charge in [-0.1, -0.05) is 0 Å². The smallest absolute Gasteiger partial charge is 0.391 e. The average Bonchev–Trinajstić information content (AvgIpc) is 2.39. The van der Waals surface area contributed by atoms with Crippen molar-refractivity contribution in [3.63, 3.8) is 0 Å². The predicted octanol–water partition coefficient (Wildman–Crippen LogP) is 3.35. The highest BCUT2D eigenvalue weighted by Gasteiger charge is 2.42. The van der Waals surface area contributed by atoms with E-state index in [0.717, 1.165) is 5.56 Å². The Balaban J connectivity index is 1.84. The summed E-state index contributed by atoms with van der Waals surface area (Å²) >= 11 is 0. The van der Waals surface area contributed by atoms with Crippen molar-refractivity contribution in [2.45, 2.75) is 44.4 Å². The van der Waals surface area contributed by atoms with Crippen LogP contribution in [-0.2, 0) is 6.42 Å². The van der Waals surface area contributed by atoms with E-state index in [1.807, 2.05) is 12.1 Å². The summed E-state index contributed by atoms with van der Waals surface area (Å²) in [6, 6.07) is 3.65. The molecule has 2 nitrogen and oxygen atoms in total. The molecule has 1 saturated carbocycles. The number of hydrogen-bond acceptors (Lipinski definition) is 2. The number of pyridine rings is 1. The number of aliphatic hydroxyl groups is 1. The van der Waals surface area contributed by atoms with Crippen LogP contribution in [0.2, 0.25) is 0 Å². The molecule has 0 amide bonds. The van der Waals surface area contributed by atoms with E-state index in [9.17, 15) is 18.3 Å². The highest BCUT2D eigenvalue weighted by atomic mass is 19.4. The number of rotatable bonds is 3. The van der Waals surface area contributed by atoms with Gasteiger partial charge in [-0.2, -0.15) is 13.2 Å². The number of halogens is 3. The third kappa shape index (κ3) is 3.93. The largest absolute Gasteiger partial charge is 0.392 e. The second kappa shape index (κ2) is 5.90. The third-order valence-electron chi connectivity index (χ3n) is 3.97. The number of nitrogens with zero attached hydrogens (tertiary/aromatic N) is 1. The number of aromatic nitrogens is 1. The SMILES string of the molecule is OC(Cc1ccncc1)C1CCC(C(F)(F)F)CC1. The fraction of sp³-hybridized carbons (Fsp3) is 0.643. The molecular formula is C14H18F3NO. The summed E-state index contributed by atoms with van der Waals surface area (Å²) in [4.78, 5) is 3.90. The molecule has 1 aliphatic rings. The maximum atomic E-state index is 12.5. The molecule has 1 fully saturated rings. The summed E-state index contributed by atoms with van der Waals surface area (Å²) in [6.45, 7) is 0. The molecule has 0 saturated heterocycles. The van der Waals surface area contributed by atoms with Crippen LogP contribution >= 0.6 is 0 Å². The highest BCUT2D eigenvalue weighted by Crippen LogP contribution is 2.40. The Kier molecular flexibility index (Phi) is 4.45. The minimum atomic E-state index is -4.08. The molecule has 1 aromatic heterocycles. The van der Waals surface area contributed by atoms with Crippen LogP contribution in [-0.4, -0.2) is 22.4 Å². The molecule has 5 heteroatoms. The van der Waals surface area contributed by atoms with Gasteiger partial charge in [-0.25, -0.2) is 0 Å². The van der Waals surface area contributed by atoms with Crippen LogP contribution in [0.3, 0.4) is 0 Å². The molecule has 0 bridgehead atoms. The fourth-order valence-electron chi connectivity index (χ4n) is 2.76. The van der Waals surface area contributed by atoms with Crippen molar-refractivity contribution in [1.29, 1.82) is 0 Å². The van der Waals surface area contributed by atoms with Gasteiger partial charge in [0.15, 0.2) is 0 Å². The van der Waals surface area contributed by atoms with Crippen LogP contribution < -0.4 is 0 Å². The normalized spacial score (nSPS) is 26.1. The molecule has 2 rings (SSSR count). The second-order valence-electron chi connectivity index (χ2n) is 5.28. The van der Waals surface area contributed by atoms with Crippen LogP contribution in [0.1, 0.15) is 31.2 Å². The molecule has 1 aromatic rings. The van der Waals surface area contributed by atoms with Crippen molar-refractivity contribution in [2.75, 3.05) is 0 Å². The maximum absolute atomic E-state index is 12.5. The summed E-state index contributed by atoms with van der Waals surface area (Å²) in [5.74, 6) is -1.20. The fourth-order valence-corrected chi connectivity index (χ4v) is 2.76. The number of hydrogen-bond donors (Lipinski definition) is 1. The summed E-state index contributed by atoms with van der Waals surface area (Å²) in [6.07, 6.45) is 0.350. The van der Waals surface area contributed by atoms with E-state index in [1.54, 1.807) is 12.4 Å². The Bertz CT molecular complexity index is 385. The first-order chi connectivity index (χ1) is 8.97. The van der Waals surface area contributed by atoms with Crippen molar-refractivity contribution in [3.05, 3.63) is 30.1 Å². The van der Waals surface area contributed by atoms with Crippen LogP contribution in [0.15, 0.2) is 24.5 Å². The lowest BCUT2D eigenvalue weighted by Gasteiger charge is -2.32. The monoisotopic (exact) mass is 273 g/mol. The van der Waals surface area contributed by atoms with Crippen molar-refractivity contribution in [2.24, 2.45) is 11.8 Å². The second-order valence-corrected chi connectivity index (χ2v) is 5.28. The molecule has 0 radical (unpaired) electrons. The standard InChI is InChI=1S/C14H18F3NO/c15-14(16,17)12-3-1-11(2-4-12)13(19)9-10-5-7-18-8-6-10/h5-8,11-13,19H,1-4,9H2. The van der Waals surface area contributed by atoms with Gasteiger partial charge in [0.2, 0.25) is 0 Å². The molecule has 1 N–H and O–H groups in total. The van der Waals surface area contributed by atoms with E-state index in [4.69, 9.17) is 0 Å². The van der Waals surface area contributed by atoms with Gasteiger partial charge in [0, 0.05) is 12.4 Å². The molecule has 1 atom stereocenters. The number of alkyl halides is 3. The lowest BCUT2D eigenvalue weighted by Crippen LogP contribution is -2.32. The zero-order valence-corrected chi connectivity index (χ0v) is 10.6. The third-order valence-corrected chi connectivity index (χ3v) is 3.97. The first kappa shape index (κ1) is 14.3. The summed E-state index contributed by atoms with van der Waals surface area (Å²) in [5, 5.41) is 10.1. The molecular weight excluding hydrogens is 255 g/mol. The van der Waals surface area contributed by atoms with Crippen LogP contribution in [0.4, 0.5) is 13.2 Å². The molecule has 1 unspecified atom stereocenters. The van der Waals surface area contributed by atoms with Gasteiger partial charge in [0.05, 0.1) is 12.0 Å². The predicted molar refractivity (Wildman–Crippen MR) is 65.5 cm³/mol. The molecule has 0 aromatic carbocycles. The molecule has 1 aliphatic carbocycles. The van der Waals surface area contributed by atoms with Crippen LogP contribution in [0.25, 0.3) is 0 Å². The summed E-state index contributed by atoms with van der Waals surface area (Å²) in [7, 11) is 0. The topological polar surface area (TPSA) is 33.1 Å². The Morgan fingerprint density at radius 2 is 1.74 bits per heavy atom. The zero-order chi connectivity index (χ0) is 13.9. The van der Waals surface area contributed by atoms with E-state index >= 15 is 0 Å². The lowest BCUT2D eigenvalue weighted by atomic mass is 9.78. The first-order valence-corrected chi connectivity index (χ1v) is 6.60. The van der Waals surface area contributed by atoms with Gasteiger partial charge in [-0.15, -0.1) is 0 Å². The van der Waals surface area contributed by atoms with E-state index in [1.165, 1.54) is 0 Å². The Morgan fingerprint density at radius 3 is 2.26 bits per heavy atom. The Hall–Kier alpha value is -1.10. The van der Waals surface area contributed by atoms with E-state index in [0.29, 0.717) is 19.3 Å². The minimum Gasteiger partial charge on any atom is -0.392 e. The van der Waals surface area contributed by atoms with Gasteiger partial charge >= 0.3 is 6.18 Å². The quantitative estimate of drug-likeness (QED) is 0.916. The Labute approximate surface area is 110 Å². The van der Waals surface area contributed by atoms with Gasteiger partial charge in [0.25, 0.3) is 0 Å². The zero-order valence-electron chi connectivity index (χ0n) is 10.6. The summed E-state index contributed by atoms with van der Waals surface area (Å²) in [5.41, 5.74) is 0.973. The van der Waals surface area contributed by atoms with Crippen molar-refractivity contribution >= 4 is 0 Å². The van der Waals surface area contributed by atoms with Crippen LogP contribution in [0, 0.1) is 11.8 Å². The first-order valence-electron chi connectivity index (χ1n) is 6.60. The van der Waals surface area contributed by atoms with Crippen molar-refractivity contribution in [3.8, 4) is 0 Å². The van der Waals surface area contributed by atoms with E-state index in [-0.39, 0.29) is 18.8 Å². The van der Waals surface area contributed by atoms with E-state index in [2.05, 4.69) is 4.98 Å². The molecule has 19 heavy (non-hydrogen) atoms. The van der Waals surface area contributed by atoms with Crippen LogP contribution in [0.5, 0.6) is 0 Å². The van der Waals surface area contributed by atoms with Gasteiger partial charge in [0.1, 0.15) is 0 Å². The maximum Gasteiger partial charge on any atom is 0.391 e. The lowest BCUT2D eigenvalue weighted by molar-refractivity contribution is -0.185. The van der Waals surface area contributed by atoms with Gasteiger partial charge in [-0.3, -0.25) is 4.98 Å². The van der Waals surface area contributed by atoms with Gasteiger partial charge in [-0.05, 0) is 55.7 Å². The van der Waals surface area contributed by atoms with E-state index < -0.39 is 18.2 Å². The highest BCUT2D eigenvalue weighted by molar-refractivity contribution is 5.11. The molecule has 106 valence electrons. The molecule has 0 aliphatic heterocycles. The van der Waals surface area contributed by atoms with Gasteiger partial charge < -0.3 is 5.11 Å².